The lowest BCUT2D eigenvalue weighted by Crippen LogP contribution is -2.28. The van der Waals surface area contributed by atoms with Gasteiger partial charge in [-0.3, -0.25) is 0 Å². The highest BCUT2D eigenvalue weighted by Crippen LogP contribution is 2.32. The Morgan fingerprint density at radius 3 is 2.65 bits per heavy atom. The molecule has 0 heterocycles. The average Bonchev–Trinajstić information content (AvgIpc) is 2.56. The third-order valence-corrected chi connectivity index (χ3v) is 4.13. The molecule has 0 saturated heterocycles. The zero-order valence-corrected chi connectivity index (χ0v) is 11.7. The lowest BCUT2D eigenvalue weighted by molar-refractivity contribution is 0.279. The van der Waals surface area contributed by atoms with Gasteiger partial charge >= 0.3 is 0 Å². The molecule has 1 rings (SSSR count). The van der Waals surface area contributed by atoms with E-state index in [9.17, 15) is 0 Å². The summed E-state index contributed by atoms with van der Waals surface area (Å²) < 4.78 is 0. The molecule has 1 aliphatic carbocycles. The first kappa shape index (κ1) is 14.8. The third-order valence-electron chi connectivity index (χ3n) is 4.13. The Bertz CT molecular complexity index is 188. The van der Waals surface area contributed by atoms with E-state index in [0.717, 1.165) is 11.8 Å². The van der Waals surface area contributed by atoms with Gasteiger partial charge in [0.15, 0.2) is 0 Å². The fourth-order valence-electron chi connectivity index (χ4n) is 3.10. The molecule has 0 spiro atoms. The van der Waals surface area contributed by atoms with E-state index in [1.165, 1.54) is 70.9 Å². The zero-order valence-electron chi connectivity index (χ0n) is 11.7. The van der Waals surface area contributed by atoms with Gasteiger partial charge in [-0.2, -0.15) is 0 Å². The van der Waals surface area contributed by atoms with Crippen LogP contribution in [0.15, 0.2) is 12.7 Å². The first-order valence-electron chi connectivity index (χ1n) is 7.70. The Morgan fingerprint density at radius 2 is 1.94 bits per heavy atom. The van der Waals surface area contributed by atoms with Crippen molar-refractivity contribution in [3.05, 3.63) is 12.7 Å². The molecule has 0 bridgehead atoms. The first-order valence-corrected chi connectivity index (χ1v) is 7.70. The molecule has 0 aromatic heterocycles. The van der Waals surface area contributed by atoms with Crippen molar-refractivity contribution in [1.29, 1.82) is 0 Å². The van der Waals surface area contributed by atoms with Crippen LogP contribution in [0.3, 0.4) is 0 Å². The molecular weight excluding hydrogens is 206 g/mol. The van der Waals surface area contributed by atoms with Crippen LogP contribution in [0.5, 0.6) is 0 Å². The fraction of sp³-hybridized carbons (Fsp3) is 0.875. The maximum absolute atomic E-state index is 3.83. The van der Waals surface area contributed by atoms with Crippen LogP contribution >= 0.6 is 0 Å². The quantitative estimate of drug-likeness (QED) is 0.371. The standard InChI is InChI=1S/C16H31N/c1-3-5-7-10-15-11-8-6-9-12-16(15)14-17-13-4-2/h3,15-17H,1,4-14H2,2H3. The monoisotopic (exact) mass is 237 g/mol. The minimum atomic E-state index is 0.939. The molecule has 1 N–H and O–H groups in total. The summed E-state index contributed by atoms with van der Waals surface area (Å²) in [6.07, 6.45) is 14.6. The lowest BCUT2D eigenvalue weighted by atomic mass is 9.84. The van der Waals surface area contributed by atoms with Crippen molar-refractivity contribution < 1.29 is 0 Å². The minimum absolute atomic E-state index is 0.939. The van der Waals surface area contributed by atoms with E-state index in [1.807, 2.05) is 0 Å². The zero-order chi connectivity index (χ0) is 12.3. The first-order chi connectivity index (χ1) is 8.38. The molecule has 0 radical (unpaired) electrons. The van der Waals surface area contributed by atoms with Crippen LogP contribution < -0.4 is 5.32 Å². The highest BCUT2D eigenvalue weighted by Gasteiger charge is 2.22. The highest BCUT2D eigenvalue weighted by atomic mass is 14.9. The van der Waals surface area contributed by atoms with Gasteiger partial charge in [0.05, 0.1) is 0 Å². The van der Waals surface area contributed by atoms with Crippen molar-refractivity contribution in [1.82, 2.24) is 5.32 Å². The van der Waals surface area contributed by atoms with Crippen LogP contribution in [0.1, 0.15) is 64.7 Å². The van der Waals surface area contributed by atoms with Gasteiger partial charge in [0.2, 0.25) is 0 Å². The van der Waals surface area contributed by atoms with Crippen molar-refractivity contribution >= 4 is 0 Å². The molecule has 1 aliphatic rings. The van der Waals surface area contributed by atoms with E-state index in [2.05, 4.69) is 24.9 Å². The minimum Gasteiger partial charge on any atom is -0.316 e. The van der Waals surface area contributed by atoms with Gasteiger partial charge in [-0.05, 0) is 57.0 Å². The second kappa shape index (κ2) is 9.70. The van der Waals surface area contributed by atoms with Crippen molar-refractivity contribution in [3.8, 4) is 0 Å². The molecule has 0 aromatic rings. The van der Waals surface area contributed by atoms with Gasteiger partial charge in [0.1, 0.15) is 0 Å². The van der Waals surface area contributed by atoms with Crippen molar-refractivity contribution in [3.63, 3.8) is 0 Å². The van der Waals surface area contributed by atoms with Crippen molar-refractivity contribution in [2.45, 2.75) is 64.7 Å². The molecule has 1 fully saturated rings. The van der Waals surface area contributed by atoms with Gasteiger partial charge in [0.25, 0.3) is 0 Å². The number of rotatable bonds is 8. The van der Waals surface area contributed by atoms with Gasteiger partial charge in [-0.25, -0.2) is 0 Å². The van der Waals surface area contributed by atoms with E-state index < -0.39 is 0 Å². The Hall–Kier alpha value is -0.300. The largest absolute Gasteiger partial charge is 0.316 e. The summed E-state index contributed by atoms with van der Waals surface area (Å²) in [5.74, 6) is 1.91. The van der Waals surface area contributed by atoms with E-state index in [4.69, 9.17) is 0 Å². The molecule has 2 atom stereocenters. The van der Waals surface area contributed by atoms with Crippen LogP contribution in [-0.2, 0) is 0 Å². The van der Waals surface area contributed by atoms with E-state index >= 15 is 0 Å². The van der Waals surface area contributed by atoms with Crippen LogP contribution in [0, 0.1) is 11.8 Å². The number of unbranched alkanes of at least 4 members (excludes halogenated alkanes) is 1. The molecular formula is C16H31N. The molecule has 2 unspecified atom stereocenters. The summed E-state index contributed by atoms with van der Waals surface area (Å²) in [5, 5.41) is 3.63. The molecule has 0 aromatic carbocycles. The Labute approximate surface area is 108 Å². The van der Waals surface area contributed by atoms with Crippen LogP contribution in [0.4, 0.5) is 0 Å². The summed E-state index contributed by atoms with van der Waals surface area (Å²) in [6.45, 7) is 8.53. The summed E-state index contributed by atoms with van der Waals surface area (Å²) >= 11 is 0. The third kappa shape index (κ3) is 6.26. The normalized spacial score (nSPS) is 25.5. The summed E-state index contributed by atoms with van der Waals surface area (Å²) in [6, 6.07) is 0. The molecule has 17 heavy (non-hydrogen) atoms. The van der Waals surface area contributed by atoms with Crippen LogP contribution in [0.2, 0.25) is 0 Å². The van der Waals surface area contributed by atoms with Crippen molar-refractivity contribution in [2.24, 2.45) is 11.8 Å². The summed E-state index contributed by atoms with van der Waals surface area (Å²) in [7, 11) is 0. The predicted molar refractivity (Wildman–Crippen MR) is 77.3 cm³/mol. The number of hydrogen-bond acceptors (Lipinski definition) is 1. The average molecular weight is 237 g/mol. The number of hydrogen-bond donors (Lipinski definition) is 1. The SMILES string of the molecule is C=CCCCC1CCCCCC1CNCCC. The molecule has 1 nitrogen and oxygen atoms in total. The molecule has 1 heteroatoms. The molecule has 0 amide bonds. The van der Waals surface area contributed by atoms with E-state index in [-0.39, 0.29) is 0 Å². The molecule has 1 saturated carbocycles. The summed E-state index contributed by atoms with van der Waals surface area (Å²) in [5.41, 5.74) is 0. The van der Waals surface area contributed by atoms with Gasteiger partial charge < -0.3 is 5.32 Å². The Kier molecular flexibility index (Phi) is 8.42. The lowest BCUT2D eigenvalue weighted by Gasteiger charge is -2.25. The topological polar surface area (TPSA) is 12.0 Å². The van der Waals surface area contributed by atoms with E-state index in [1.54, 1.807) is 0 Å². The van der Waals surface area contributed by atoms with Gasteiger partial charge in [-0.1, -0.05) is 38.7 Å². The van der Waals surface area contributed by atoms with Crippen LogP contribution in [0.25, 0.3) is 0 Å². The fourth-order valence-corrected chi connectivity index (χ4v) is 3.10. The Morgan fingerprint density at radius 1 is 1.18 bits per heavy atom. The second-order valence-corrected chi connectivity index (χ2v) is 5.58. The second-order valence-electron chi connectivity index (χ2n) is 5.58. The summed E-state index contributed by atoms with van der Waals surface area (Å²) in [4.78, 5) is 0. The van der Waals surface area contributed by atoms with Gasteiger partial charge in [-0.15, -0.1) is 6.58 Å². The smallest absolute Gasteiger partial charge is 0.00179 e. The number of allylic oxidation sites excluding steroid dienone is 1. The Balaban J connectivity index is 2.32. The van der Waals surface area contributed by atoms with Gasteiger partial charge in [0, 0.05) is 0 Å². The maximum Gasteiger partial charge on any atom is -0.00179 e. The maximum atomic E-state index is 3.83. The number of nitrogens with one attached hydrogen (secondary N) is 1. The van der Waals surface area contributed by atoms with Crippen LogP contribution in [-0.4, -0.2) is 13.1 Å². The van der Waals surface area contributed by atoms with E-state index in [0.29, 0.717) is 0 Å². The highest BCUT2D eigenvalue weighted by molar-refractivity contribution is 4.77. The van der Waals surface area contributed by atoms with Crippen molar-refractivity contribution in [2.75, 3.05) is 13.1 Å². The molecule has 0 aliphatic heterocycles. The predicted octanol–water partition coefficient (Wildman–Crippen LogP) is 4.54. The molecule has 100 valence electrons.